The van der Waals surface area contributed by atoms with Crippen molar-refractivity contribution in [2.45, 2.75) is 0 Å². The second kappa shape index (κ2) is 16.0. The van der Waals surface area contributed by atoms with E-state index in [1.165, 1.54) is 0 Å². The molecule has 0 fully saturated rings. The van der Waals surface area contributed by atoms with Crippen LogP contribution in [0.2, 0.25) is 0 Å². The third kappa shape index (κ3) is 9.12. The summed E-state index contributed by atoms with van der Waals surface area (Å²) in [5, 5.41) is 0. The molecule has 0 spiro atoms. The van der Waals surface area contributed by atoms with E-state index in [4.69, 9.17) is 0 Å². The number of hydrogen-bond acceptors (Lipinski definition) is 0. The summed E-state index contributed by atoms with van der Waals surface area (Å²) in [5.41, 5.74) is 0. The zero-order valence-corrected chi connectivity index (χ0v) is 4.20. The maximum absolute atomic E-state index is 0. The molecule has 1 radical (unpaired) electrons. The molecule has 0 N–H and O–H groups in total. The molecule has 0 aliphatic heterocycles. The molecule has 0 rings (SSSR count). The van der Waals surface area contributed by atoms with Crippen molar-refractivity contribution in [1.82, 2.24) is 0 Å². The van der Waals surface area contributed by atoms with Crippen LogP contribution in [0.4, 0.5) is 0 Å². The quantitative estimate of drug-likeness (QED) is 0.386. The van der Waals surface area contributed by atoms with Gasteiger partial charge < -0.3 is 0 Å². The van der Waals surface area contributed by atoms with E-state index in [-0.39, 0.29) is 107 Å². The number of hydrogen-bond donors (Lipinski definition) is 0. The van der Waals surface area contributed by atoms with Crippen molar-refractivity contribution in [3.05, 3.63) is 0 Å². The van der Waals surface area contributed by atoms with Crippen LogP contribution in [0.15, 0.2) is 0 Å². The second-order valence-electron chi connectivity index (χ2n) is 0. The molecule has 0 aliphatic rings. The van der Waals surface area contributed by atoms with Gasteiger partial charge in [-0.25, -0.2) is 0 Å². The molecule has 0 saturated carbocycles. The molecular formula is H4LaLiMgNa. The van der Waals surface area contributed by atoms with E-state index in [1.807, 2.05) is 0 Å². The van der Waals surface area contributed by atoms with Gasteiger partial charge in [0.05, 0.1) is 0 Å². The minimum atomic E-state index is 0. The average Bonchev–Trinajstić information content (AvgIpc) is 0. The zero-order valence-electron chi connectivity index (χ0n) is 0.577. The molecular weight excluding hydrogens is 193 g/mol. The van der Waals surface area contributed by atoms with E-state index in [0.29, 0.717) is 0 Å². The molecule has 0 amide bonds. The van der Waals surface area contributed by atoms with E-state index in [0.717, 1.165) is 0 Å². The van der Waals surface area contributed by atoms with Crippen molar-refractivity contribution in [3.8, 4) is 0 Å². The van der Waals surface area contributed by atoms with Gasteiger partial charge in [-0.1, -0.05) is 0 Å². The van der Waals surface area contributed by atoms with Gasteiger partial charge >= 0.3 is 71.5 Å². The minimum absolute atomic E-state index is 0. The predicted molar refractivity (Wildman–Crippen MR) is 22.8 cm³/mol. The Labute approximate surface area is 104 Å². The Hall–Kier alpha value is 3.56. The molecule has 0 aromatic rings. The molecule has 0 aromatic carbocycles. The normalized spacial score (nSPS) is 0. The Morgan fingerprint density at radius 3 is 1.00 bits per heavy atom. The summed E-state index contributed by atoms with van der Waals surface area (Å²) < 4.78 is 0. The Bertz CT molecular complexity index is 8.00. The SMILES string of the molecule is [La].[LiH].[MgH2].[NaH]. The standard InChI is InChI=1S/La.Li.Mg.Na.4H. The Balaban J connectivity index is 0. The van der Waals surface area contributed by atoms with Gasteiger partial charge in [0.1, 0.15) is 0 Å². The molecule has 0 atom stereocenters. The van der Waals surface area contributed by atoms with E-state index >= 15 is 0 Å². The topological polar surface area (TPSA) is 0 Å². The number of rotatable bonds is 0. The molecule has 0 nitrogen and oxygen atoms in total. The van der Waals surface area contributed by atoms with Gasteiger partial charge in [-0.15, -0.1) is 0 Å². The molecule has 0 unspecified atom stereocenters. The molecule has 0 aromatic heterocycles. The third-order valence-electron chi connectivity index (χ3n) is 0. The van der Waals surface area contributed by atoms with Crippen molar-refractivity contribution in [3.63, 3.8) is 0 Å². The van der Waals surface area contributed by atoms with Gasteiger partial charge in [0, 0.05) is 35.6 Å². The van der Waals surface area contributed by atoms with Gasteiger partial charge in [-0.3, -0.25) is 0 Å². The van der Waals surface area contributed by atoms with Crippen LogP contribution in [-0.2, 0) is 0 Å². The molecule has 0 saturated heterocycles. The zero-order chi connectivity index (χ0) is 0. The fourth-order valence-corrected chi connectivity index (χ4v) is 0. The van der Waals surface area contributed by atoms with Crippen LogP contribution < -0.4 is 0 Å². The first-order chi connectivity index (χ1) is 0. The molecule has 11 valence electrons. The van der Waals surface area contributed by atoms with E-state index in [1.54, 1.807) is 0 Å². The summed E-state index contributed by atoms with van der Waals surface area (Å²) in [7, 11) is 0. The Morgan fingerprint density at radius 2 is 1.00 bits per heavy atom. The van der Waals surface area contributed by atoms with Gasteiger partial charge in [0.25, 0.3) is 0 Å². The summed E-state index contributed by atoms with van der Waals surface area (Å²) in [4.78, 5) is 0. The van der Waals surface area contributed by atoms with Crippen molar-refractivity contribution in [2.75, 3.05) is 0 Å². The first-order valence-electron chi connectivity index (χ1n) is 0. The van der Waals surface area contributed by atoms with Crippen molar-refractivity contribution < 1.29 is 35.6 Å². The van der Waals surface area contributed by atoms with Crippen LogP contribution in [0.1, 0.15) is 0 Å². The first kappa shape index (κ1) is 25.7. The van der Waals surface area contributed by atoms with E-state index < -0.39 is 0 Å². The van der Waals surface area contributed by atoms with Crippen molar-refractivity contribution in [1.29, 1.82) is 0 Å². The van der Waals surface area contributed by atoms with E-state index in [9.17, 15) is 0 Å². The fourth-order valence-electron chi connectivity index (χ4n) is 0. The van der Waals surface area contributed by atoms with Crippen LogP contribution in [0.3, 0.4) is 0 Å². The summed E-state index contributed by atoms with van der Waals surface area (Å²) >= 11 is 0. The third-order valence-corrected chi connectivity index (χ3v) is 0. The summed E-state index contributed by atoms with van der Waals surface area (Å²) in [5.74, 6) is 0. The average molecular weight is 197 g/mol. The monoisotopic (exact) mass is 197 g/mol. The molecule has 0 bridgehead atoms. The summed E-state index contributed by atoms with van der Waals surface area (Å²) in [6, 6.07) is 0. The predicted octanol–water partition coefficient (Wildman–Crippen LogP) is -2.21. The molecule has 4 heavy (non-hydrogen) atoms. The first-order valence-corrected chi connectivity index (χ1v) is 0. The Morgan fingerprint density at radius 1 is 1.00 bits per heavy atom. The van der Waals surface area contributed by atoms with Gasteiger partial charge in [-0.2, -0.15) is 0 Å². The van der Waals surface area contributed by atoms with Crippen molar-refractivity contribution >= 4 is 71.5 Å². The summed E-state index contributed by atoms with van der Waals surface area (Å²) in [6.45, 7) is 0. The molecule has 4 heteroatoms. The van der Waals surface area contributed by atoms with Crippen LogP contribution >= 0.6 is 0 Å². The van der Waals surface area contributed by atoms with Crippen molar-refractivity contribution in [2.24, 2.45) is 0 Å². The van der Waals surface area contributed by atoms with Gasteiger partial charge in [0.15, 0.2) is 0 Å². The maximum atomic E-state index is 0. The Kier molecular flexibility index (Phi) is 103. The fraction of sp³-hybridized carbons (Fsp3) is 0. The van der Waals surface area contributed by atoms with Crippen LogP contribution in [0.5, 0.6) is 0 Å². The summed E-state index contributed by atoms with van der Waals surface area (Å²) in [6.07, 6.45) is 0. The van der Waals surface area contributed by atoms with Gasteiger partial charge in [0.2, 0.25) is 0 Å². The van der Waals surface area contributed by atoms with Crippen LogP contribution in [-0.4, -0.2) is 71.5 Å². The molecule has 0 heterocycles. The van der Waals surface area contributed by atoms with Crippen LogP contribution in [0, 0.1) is 35.6 Å². The second-order valence-corrected chi connectivity index (χ2v) is 0. The van der Waals surface area contributed by atoms with Gasteiger partial charge in [-0.05, 0) is 0 Å². The molecule has 0 aliphatic carbocycles. The van der Waals surface area contributed by atoms with E-state index in [2.05, 4.69) is 0 Å². The van der Waals surface area contributed by atoms with Crippen LogP contribution in [0.25, 0.3) is 0 Å².